The summed E-state index contributed by atoms with van der Waals surface area (Å²) in [7, 11) is 0. The average molecular weight is 361 g/mol. The van der Waals surface area contributed by atoms with E-state index in [-0.39, 0.29) is 17.8 Å². The minimum absolute atomic E-state index is 0.0957. The van der Waals surface area contributed by atoms with E-state index in [0.717, 1.165) is 30.3 Å². The van der Waals surface area contributed by atoms with Crippen molar-refractivity contribution < 1.29 is 9.18 Å². The largest absolute Gasteiger partial charge is 0.353 e. The van der Waals surface area contributed by atoms with Gasteiger partial charge in [-0.25, -0.2) is 14.4 Å². The molecular formula is C17H20FN5OS. The summed E-state index contributed by atoms with van der Waals surface area (Å²) in [6, 6.07) is 3.01. The number of aromatic nitrogens is 2. The zero-order chi connectivity index (χ0) is 17.2. The van der Waals surface area contributed by atoms with Crippen LogP contribution in [0.1, 0.15) is 12.8 Å². The number of hydrogen-bond donors (Lipinski definition) is 0. The van der Waals surface area contributed by atoms with E-state index in [0.29, 0.717) is 26.2 Å². The number of halogens is 1. The highest BCUT2D eigenvalue weighted by Crippen LogP contribution is 2.28. The van der Waals surface area contributed by atoms with Crippen LogP contribution < -0.4 is 9.80 Å². The van der Waals surface area contributed by atoms with E-state index in [9.17, 15) is 9.18 Å². The fourth-order valence-corrected chi connectivity index (χ4v) is 4.25. The van der Waals surface area contributed by atoms with Crippen LogP contribution in [-0.4, -0.2) is 59.5 Å². The van der Waals surface area contributed by atoms with Gasteiger partial charge in [-0.1, -0.05) is 0 Å². The van der Waals surface area contributed by atoms with Crippen LogP contribution in [0.15, 0.2) is 29.9 Å². The second-order valence-electron chi connectivity index (χ2n) is 6.31. The monoisotopic (exact) mass is 361 g/mol. The van der Waals surface area contributed by atoms with Crippen molar-refractivity contribution in [1.29, 1.82) is 0 Å². The molecule has 0 radical (unpaired) electrons. The van der Waals surface area contributed by atoms with Gasteiger partial charge in [0.2, 0.25) is 5.91 Å². The minimum Gasteiger partial charge on any atom is -0.353 e. The number of pyridine rings is 1. The first-order valence-electron chi connectivity index (χ1n) is 8.54. The Hall–Kier alpha value is -2.22. The lowest BCUT2D eigenvalue weighted by Crippen LogP contribution is -2.54. The number of piperazine rings is 1. The fraction of sp³-hybridized carbons (Fsp3) is 0.471. The molecule has 132 valence electrons. The fourth-order valence-electron chi connectivity index (χ4n) is 3.53. The molecule has 25 heavy (non-hydrogen) atoms. The third-order valence-electron chi connectivity index (χ3n) is 4.83. The standard InChI is InChI=1S/C17H20FN5OS/c18-13-3-4-15(20-12-13)21-7-9-22(10-8-21)16(24)14-2-1-6-23(14)17-19-5-11-25-17/h3-5,11-12,14H,1-2,6-10H2. The lowest BCUT2D eigenvalue weighted by Gasteiger charge is -2.37. The minimum atomic E-state index is -0.332. The van der Waals surface area contributed by atoms with Crippen molar-refractivity contribution in [3.8, 4) is 0 Å². The summed E-state index contributed by atoms with van der Waals surface area (Å²) in [5.74, 6) is 0.624. The van der Waals surface area contributed by atoms with Gasteiger partial charge in [0.15, 0.2) is 5.13 Å². The Labute approximate surface area is 149 Å². The van der Waals surface area contributed by atoms with Crippen LogP contribution in [0.25, 0.3) is 0 Å². The van der Waals surface area contributed by atoms with Crippen molar-refractivity contribution >= 4 is 28.2 Å². The third kappa shape index (κ3) is 3.30. The van der Waals surface area contributed by atoms with Crippen molar-refractivity contribution in [3.05, 3.63) is 35.7 Å². The SMILES string of the molecule is O=C(C1CCCN1c1nccs1)N1CCN(c2ccc(F)cn2)CC1. The molecule has 0 bridgehead atoms. The second-order valence-corrected chi connectivity index (χ2v) is 7.19. The Balaban J connectivity index is 1.38. The van der Waals surface area contributed by atoms with E-state index < -0.39 is 0 Å². The maximum absolute atomic E-state index is 13.0. The van der Waals surface area contributed by atoms with Crippen molar-refractivity contribution in [1.82, 2.24) is 14.9 Å². The molecule has 2 aromatic rings. The Morgan fingerprint density at radius 3 is 2.68 bits per heavy atom. The molecular weight excluding hydrogens is 341 g/mol. The summed E-state index contributed by atoms with van der Waals surface area (Å²) < 4.78 is 13.0. The molecule has 0 aromatic carbocycles. The van der Waals surface area contributed by atoms with Gasteiger partial charge in [0.1, 0.15) is 17.7 Å². The zero-order valence-corrected chi connectivity index (χ0v) is 14.7. The molecule has 0 saturated carbocycles. The second kappa shape index (κ2) is 6.95. The maximum atomic E-state index is 13.0. The van der Waals surface area contributed by atoms with Gasteiger partial charge >= 0.3 is 0 Å². The molecule has 6 nitrogen and oxygen atoms in total. The van der Waals surface area contributed by atoms with Crippen LogP contribution >= 0.6 is 11.3 Å². The van der Waals surface area contributed by atoms with Gasteiger partial charge in [0.05, 0.1) is 6.20 Å². The highest BCUT2D eigenvalue weighted by molar-refractivity contribution is 7.13. The van der Waals surface area contributed by atoms with E-state index in [4.69, 9.17) is 0 Å². The number of amides is 1. The van der Waals surface area contributed by atoms with Crippen molar-refractivity contribution in [2.75, 3.05) is 42.5 Å². The molecule has 1 atom stereocenters. The molecule has 2 fully saturated rings. The molecule has 2 aliphatic rings. The van der Waals surface area contributed by atoms with E-state index >= 15 is 0 Å². The third-order valence-corrected chi connectivity index (χ3v) is 5.64. The van der Waals surface area contributed by atoms with Crippen LogP contribution in [0.4, 0.5) is 15.3 Å². The number of nitrogens with zero attached hydrogens (tertiary/aromatic N) is 5. The Morgan fingerprint density at radius 2 is 2.00 bits per heavy atom. The van der Waals surface area contributed by atoms with Crippen molar-refractivity contribution in [2.45, 2.75) is 18.9 Å². The van der Waals surface area contributed by atoms with Gasteiger partial charge < -0.3 is 14.7 Å². The predicted molar refractivity (Wildman–Crippen MR) is 95.5 cm³/mol. The van der Waals surface area contributed by atoms with Crippen LogP contribution in [-0.2, 0) is 4.79 Å². The molecule has 4 heterocycles. The first-order chi connectivity index (χ1) is 12.2. The number of rotatable bonds is 3. The van der Waals surface area contributed by atoms with E-state index in [1.54, 1.807) is 23.6 Å². The quantitative estimate of drug-likeness (QED) is 0.837. The normalized spacial score (nSPS) is 21.0. The summed E-state index contributed by atoms with van der Waals surface area (Å²) >= 11 is 1.58. The van der Waals surface area contributed by atoms with Gasteiger partial charge in [-0.15, -0.1) is 11.3 Å². The Kier molecular flexibility index (Phi) is 4.52. The first kappa shape index (κ1) is 16.3. The first-order valence-corrected chi connectivity index (χ1v) is 9.42. The number of anilines is 2. The van der Waals surface area contributed by atoms with Crippen molar-refractivity contribution in [3.63, 3.8) is 0 Å². The number of thiazole rings is 1. The molecule has 8 heteroatoms. The molecule has 2 aliphatic heterocycles. The molecule has 0 aliphatic carbocycles. The Morgan fingerprint density at radius 1 is 1.16 bits per heavy atom. The number of hydrogen-bond acceptors (Lipinski definition) is 6. The van der Waals surface area contributed by atoms with Crippen molar-refractivity contribution in [2.24, 2.45) is 0 Å². The summed E-state index contributed by atoms with van der Waals surface area (Å²) in [5, 5.41) is 2.88. The summed E-state index contributed by atoms with van der Waals surface area (Å²) in [4.78, 5) is 27.6. The number of carbonyl (C=O) groups is 1. The van der Waals surface area contributed by atoms with Gasteiger partial charge in [0, 0.05) is 44.3 Å². The van der Waals surface area contributed by atoms with E-state index in [1.165, 1.54) is 12.3 Å². The smallest absolute Gasteiger partial charge is 0.245 e. The topological polar surface area (TPSA) is 52.6 Å². The summed E-state index contributed by atoms with van der Waals surface area (Å²) in [5.41, 5.74) is 0. The molecule has 2 saturated heterocycles. The average Bonchev–Trinajstić information content (AvgIpc) is 3.33. The molecule has 0 N–H and O–H groups in total. The molecule has 2 aromatic heterocycles. The molecule has 0 spiro atoms. The maximum Gasteiger partial charge on any atom is 0.245 e. The van der Waals surface area contributed by atoms with Gasteiger partial charge in [-0.05, 0) is 25.0 Å². The highest BCUT2D eigenvalue weighted by Gasteiger charge is 2.36. The highest BCUT2D eigenvalue weighted by atomic mass is 32.1. The van der Waals surface area contributed by atoms with Gasteiger partial charge in [-0.3, -0.25) is 4.79 Å². The molecule has 1 amide bonds. The van der Waals surface area contributed by atoms with E-state index in [2.05, 4.69) is 19.8 Å². The summed E-state index contributed by atoms with van der Waals surface area (Å²) in [6.45, 7) is 3.66. The molecule has 1 unspecified atom stereocenters. The summed E-state index contributed by atoms with van der Waals surface area (Å²) in [6.07, 6.45) is 4.93. The Bertz CT molecular complexity index is 715. The van der Waals surface area contributed by atoms with E-state index in [1.807, 2.05) is 10.3 Å². The lowest BCUT2D eigenvalue weighted by molar-refractivity contribution is -0.132. The van der Waals surface area contributed by atoms with Crippen LogP contribution in [0.5, 0.6) is 0 Å². The van der Waals surface area contributed by atoms with Crippen LogP contribution in [0, 0.1) is 5.82 Å². The lowest BCUT2D eigenvalue weighted by atomic mass is 10.1. The van der Waals surface area contributed by atoms with Crippen LogP contribution in [0.3, 0.4) is 0 Å². The van der Waals surface area contributed by atoms with Gasteiger partial charge in [0.25, 0.3) is 0 Å². The molecule has 4 rings (SSSR count). The van der Waals surface area contributed by atoms with Crippen LogP contribution in [0.2, 0.25) is 0 Å². The zero-order valence-electron chi connectivity index (χ0n) is 13.8. The predicted octanol–water partition coefficient (Wildman–Crippen LogP) is 1.99. The number of carbonyl (C=O) groups excluding carboxylic acids is 1. The van der Waals surface area contributed by atoms with Gasteiger partial charge in [-0.2, -0.15) is 0 Å².